The van der Waals surface area contributed by atoms with E-state index in [9.17, 15) is 13.2 Å². The first-order valence-electron chi connectivity index (χ1n) is 7.37. The summed E-state index contributed by atoms with van der Waals surface area (Å²) in [6.45, 7) is 2.55. The second-order valence-corrected chi connectivity index (χ2v) is 4.94. The maximum Gasteiger partial charge on any atom is 0.416 e. The second kappa shape index (κ2) is 8.74. The van der Waals surface area contributed by atoms with E-state index in [1.54, 1.807) is 0 Å². The largest absolute Gasteiger partial charge is 0.478 e. The van der Waals surface area contributed by atoms with Gasteiger partial charge in [-0.1, -0.05) is 39.0 Å². The SMILES string of the molecule is CCCCCCCCOc1cc(C(F)(F)F)cc(NC)n1. The predicted octanol–water partition coefficient (Wildman–Crippen LogP) is 4.88. The smallest absolute Gasteiger partial charge is 0.416 e. The zero-order valence-electron chi connectivity index (χ0n) is 12.6. The molecule has 1 N–H and O–H groups in total. The van der Waals surface area contributed by atoms with Crippen molar-refractivity contribution in [1.82, 2.24) is 4.98 Å². The van der Waals surface area contributed by atoms with E-state index in [2.05, 4.69) is 17.2 Å². The Kier molecular flexibility index (Phi) is 7.32. The highest BCUT2D eigenvalue weighted by molar-refractivity contribution is 5.42. The van der Waals surface area contributed by atoms with Gasteiger partial charge in [0.15, 0.2) is 0 Å². The lowest BCUT2D eigenvalue weighted by molar-refractivity contribution is -0.137. The van der Waals surface area contributed by atoms with Crippen molar-refractivity contribution in [2.45, 2.75) is 51.6 Å². The van der Waals surface area contributed by atoms with Crippen LogP contribution in [-0.4, -0.2) is 18.6 Å². The first kappa shape index (κ1) is 17.6. The highest BCUT2D eigenvalue weighted by atomic mass is 19.4. The summed E-state index contributed by atoms with van der Waals surface area (Å²) in [7, 11) is 1.53. The number of hydrogen-bond donors (Lipinski definition) is 1. The van der Waals surface area contributed by atoms with Crippen LogP contribution in [0.1, 0.15) is 51.0 Å². The average Bonchev–Trinajstić information content (AvgIpc) is 2.45. The maximum atomic E-state index is 12.7. The number of unbranched alkanes of at least 4 members (excludes halogenated alkanes) is 5. The van der Waals surface area contributed by atoms with Crippen LogP contribution in [0.25, 0.3) is 0 Å². The zero-order chi connectivity index (χ0) is 15.7. The number of pyridine rings is 1. The Balaban J connectivity index is 2.47. The summed E-state index contributed by atoms with van der Waals surface area (Å²) < 4.78 is 43.5. The number of ether oxygens (including phenoxy) is 1. The fourth-order valence-electron chi connectivity index (χ4n) is 1.93. The lowest BCUT2D eigenvalue weighted by atomic mass is 10.1. The van der Waals surface area contributed by atoms with Crippen molar-refractivity contribution in [2.24, 2.45) is 0 Å². The van der Waals surface area contributed by atoms with Crippen molar-refractivity contribution in [3.8, 4) is 5.88 Å². The molecule has 3 nitrogen and oxygen atoms in total. The topological polar surface area (TPSA) is 34.1 Å². The van der Waals surface area contributed by atoms with Crippen molar-refractivity contribution >= 4 is 5.82 Å². The number of halogens is 3. The average molecular weight is 304 g/mol. The van der Waals surface area contributed by atoms with Gasteiger partial charge in [0, 0.05) is 13.1 Å². The second-order valence-electron chi connectivity index (χ2n) is 4.94. The van der Waals surface area contributed by atoms with Crippen LogP contribution in [0.5, 0.6) is 5.88 Å². The molecule has 0 spiro atoms. The molecular weight excluding hydrogens is 281 g/mol. The van der Waals surface area contributed by atoms with Gasteiger partial charge in [-0.15, -0.1) is 0 Å². The molecule has 1 heterocycles. The Labute approximate surface area is 123 Å². The predicted molar refractivity (Wildman–Crippen MR) is 77.7 cm³/mol. The van der Waals surface area contributed by atoms with Crippen LogP contribution in [0.3, 0.4) is 0 Å². The summed E-state index contributed by atoms with van der Waals surface area (Å²) in [6, 6.07) is 1.91. The number of nitrogens with zero attached hydrogens (tertiary/aromatic N) is 1. The molecule has 6 heteroatoms. The van der Waals surface area contributed by atoms with Gasteiger partial charge < -0.3 is 10.1 Å². The lowest BCUT2D eigenvalue weighted by Crippen LogP contribution is -2.09. The lowest BCUT2D eigenvalue weighted by Gasteiger charge is -2.12. The Bertz CT molecular complexity index is 422. The van der Waals surface area contributed by atoms with E-state index in [0.717, 1.165) is 31.4 Å². The Morgan fingerprint density at radius 1 is 1.10 bits per heavy atom. The molecule has 0 aliphatic carbocycles. The standard InChI is InChI=1S/C15H23F3N2O/c1-3-4-5-6-7-8-9-21-14-11-12(15(16,17)18)10-13(19-2)20-14/h10-11H,3-9H2,1-2H3,(H,19,20). The minimum absolute atomic E-state index is 0.0164. The molecule has 0 saturated heterocycles. The maximum absolute atomic E-state index is 12.7. The quantitative estimate of drug-likeness (QED) is 0.660. The molecule has 1 aromatic heterocycles. The van der Waals surface area contributed by atoms with Crippen LogP contribution in [0.4, 0.5) is 19.0 Å². The molecule has 0 bridgehead atoms. The number of hydrogen-bond acceptors (Lipinski definition) is 3. The summed E-state index contributed by atoms with van der Waals surface area (Å²) in [5.41, 5.74) is -0.750. The highest BCUT2D eigenvalue weighted by Crippen LogP contribution is 2.32. The fraction of sp³-hybridized carbons (Fsp3) is 0.667. The molecule has 0 radical (unpaired) electrons. The van der Waals surface area contributed by atoms with Gasteiger partial charge in [0.2, 0.25) is 5.88 Å². The number of aromatic nitrogens is 1. The van der Waals surface area contributed by atoms with Crippen molar-refractivity contribution in [3.05, 3.63) is 17.7 Å². The zero-order valence-corrected chi connectivity index (χ0v) is 12.6. The molecule has 120 valence electrons. The van der Waals surface area contributed by atoms with Gasteiger partial charge in [0.05, 0.1) is 12.2 Å². The fourth-order valence-corrected chi connectivity index (χ4v) is 1.93. The van der Waals surface area contributed by atoms with Gasteiger partial charge in [-0.25, -0.2) is 0 Å². The van der Waals surface area contributed by atoms with E-state index in [1.165, 1.54) is 26.3 Å². The third kappa shape index (κ3) is 6.69. The molecule has 0 unspecified atom stereocenters. The number of alkyl halides is 3. The number of nitrogens with one attached hydrogen (secondary N) is 1. The molecule has 0 amide bonds. The van der Waals surface area contributed by atoms with Crippen molar-refractivity contribution in [2.75, 3.05) is 19.0 Å². The Morgan fingerprint density at radius 2 is 1.76 bits per heavy atom. The number of rotatable bonds is 9. The highest BCUT2D eigenvalue weighted by Gasteiger charge is 2.31. The molecule has 0 aliphatic heterocycles. The van der Waals surface area contributed by atoms with Gasteiger partial charge in [-0.05, 0) is 12.5 Å². The molecule has 0 aliphatic rings. The van der Waals surface area contributed by atoms with E-state index < -0.39 is 11.7 Å². The Hall–Kier alpha value is -1.46. The van der Waals surface area contributed by atoms with Crippen LogP contribution in [0, 0.1) is 0 Å². The summed E-state index contributed by atoms with van der Waals surface area (Å²) in [4.78, 5) is 3.98. The third-order valence-corrected chi connectivity index (χ3v) is 3.13. The van der Waals surface area contributed by atoms with Gasteiger partial charge in [0.1, 0.15) is 5.82 Å². The van der Waals surface area contributed by atoms with Gasteiger partial charge in [-0.2, -0.15) is 18.2 Å². The third-order valence-electron chi connectivity index (χ3n) is 3.13. The summed E-state index contributed by atoms with van der Waals surface area (Å²) in [5.74, 6) is 0.172. The molecule has 0 fully saturated rings. The van der Waals surface area contributed by atoms with E-state index in [4.69, 9.17) is 4.74 Å². The molecule has 21 heavy (non-hydrogen) atoms. The summed E-state index contributed by atoms with van der Waals surface area (Å²) in [6.07, 6.45) is 2.21. The molecular formula is C15H23F3N2O. The first-order chi connectivity index (χ1) is 9.97. The Morgan fingerprint density at radius 3 is 2.38 bits per heavy atom. The van der Waals surface area contributed by atoms with Crippen LogP contribution in [0.15, 0.2) is 12.1 Å². The molecule has 1 aromatic rings. The van der Waals surface area contributed by atoms with Crippen molar-refractivity contribution in [1.29, 1.82) is 0 Å². The monoisotopic (exact) mass is 304 g/mol. The van der Waals surface area contributed by atoms with Crippen LogP contribution < -0.4 is 10.1 Å². The first-order valence-corrected chi connectivity index (χ1v) is 7.37. The van der Waals surface area contributed by atoms with Crippen LogP contribution in [0.2, 0.25) is 0 Å². The molecule has 0 aromatic carbocycles. The minimum Gasteiger partial charge on any atom is -0.478 e. The molecule has 0 saturated carbocycles. The van der Waals surface area contributed by atoms with Gasteiger partial charge >= 0.3 is 6.18 Å². The van der Waals surface area contributed by atoms with Crippen molar-refractivity contribution in [3.63, 3.8) is 0 Å². The van der Waals surface area contributed by atoms with E-state index in [0.29, 0.717) is 6.61 Å². The minimum atomic E-state index is -4.40. The molecule has 0 atom stereocenters. The van der Waals surface area contributed by atoms with E-state index >= 15 is 0 Å². The summed E-state index contributed by atoms with van der Waals surface area (Å²) in [5, 5.41) is 2.61. The normalized spacial score (nSPS) is 11.5. The van der Waals surface area contributed by atoms with Gasteiger partial charge in [0.25, 0.3) is 0 Å². The van der Waals surface area contributed by atoms with Crippen molar-refractivity contribution < 1.29 is 17.9 Å². The van der Waals surface area contributed by atoms with E-state index in [-0.39, 0.29) is 11.7 Å². The summed E-state index contributed by atoms with van der Waals surface area (Å²) >= 11 is 0. The number of anilines is 1. The van der Waals surface area contributed by atoms with Crippen LogP contribution in [-0.2, 0) is 6.18 Å². The molecule has 1 rings (SSSR count). The van der Waals surface area contributed by atoms with E-state index in [1.807, 2.05) is 0 Å². The van der Waals surface area contributed by atoms with Gasteiger partial charge in [-0.3, -0.25) is 0 Å². The van der Waals surface area contributed by atoms with Crippen LogP contribution >= 0.6 is 0 Å².